The number of hydrogen-bond donors (Lipinski definition) is 1. The molecule has 0 bridgehead atoms. The molecule has 0 saturated carbocycles. The van der Waals surface area contributed by atoms with E-state index in [1.807, 2.05) is 0 Å². The first-order chi connectivity index (χ1) is 7.99. The minimum Gasteiger partial charge on any atom is -0.337 e. The van der Waals surface area contributed by atoms with Crippen LogP contribution in [-0.4, -0.2) is 29.9 Å². The Hall–Kier alpha value is -1.49. The summed E-state index contributed by atoms with van der Waals surface area (Å²) in [5, 5.41) is 0. The smallest absolute Gasteiger partial charge is 0.256 e. The van der Waals surface area contributed by atoms with Gasteiger partial charge in [-0.25, -0.2) is 8.78 Å². The average molecular weight is 240 g/mol. The van der Waals surface area contributed by atoms with Crippen LogP contribution in [0.3, 0.4) is 0 Å². The highest BCUT2D eigenvalue weighted by Gasteiger charge is 2.26. The van der Waals surface area contributed by atoms with Crippen LogP contribution in [0, 0.1) is 18.6 Å². The monoisotopic (exact) mass is 240 g/mol. The lowest BCUT2D eigenvalue weighted by Gasteiger charge is -2.16. The molecule has 5 heteroatoms. The van der Waals surface area contributed by atoms with E-state index in [4.69, 9.17) is 5.73 Å². The van der Waals surface area contributed by atoms with Crippen molar-refractivity contribution < 1.29 is 13.6 Å². The predicted octanol–water partition coefficient (Wildman–Crippen LogP) is 1.45. The molecule has 0 aliphatic carbocycles. The van der Waals surface area contributed by atoms with Crippen LogP contribution in [0.15, 0.2) is 12.1 Å². The Balaban J connectivity index is 2.28. The Morgan fingerprint density at radius 1 is 1.41 bits per heavy atom. The second kappa shape index (κ2) is 4.41. The zero-order valence-corrected chi connectivity index (χ0v) is 9.54. The Labute approximate surface area is 98.2 Å². The zero-order valence-electron chi connectivity index (χ0n) is 9.54. The highest BCUT2D eigenvalue weighted by molar-refractivity contribution is 5.94. The fourth-order valence-corrected chi connectivity index (χ4v) is 1.95. The second-order valence-electron chi connectivity index (χ2n) is 4.38. The predicted molar refractivity (Wildman–Crippen MR) is 59.6 cm³/mol. The van der Waals surface area contributed by atoms with Crippen molar-refractivity contribution in [3.63, 3.8) is 0 Å². The van der Waals surface area contributed by atoms with Gasteiger partial charge in [-0.3, -0.25) is 4.79 Å². The second-order valence-corrected chi connectivity index (χ2v) is 4.38. The molecule has 92 valence electrons. The number of likely N-dealkylation sites (tertiary alicyclic amines) is 1. The molecule has 0 aromatic heterocycles. The van der Waals surface area contributed by atoms with Gasteiger partial charge in [-0.2, -0.15) is 0 Å². The maximum atomic E-state index is 13.6. The number of rotatable bonds is 1. The van der Waals surface area contributed by atoms with Gasteiger partial charge in [0.1, 0.15) is 11.6 Å². The molecule has 0 spiro atoms. The van der Waals surface area contributed by atoms with Gasteiger partial charge in [0.2, 0.25) is 0 Å². The fraction of sp³-hybridized carbons (Fsp3) is 0.417. The number of hydrogen-bond acceptors (Lipinski definition) is 2. The maximum absolute atomic E-state index is 13.6. The standard InChI is InChI=1S/C12H14F2N2O/c1-7-4-11(14)9(5-10(7)13)12(17)16-3-2-8(15)6-16/h4-5,8H,2-3,6,15H2,1H3. The van der Waals surface area contributed by atoms with Gasteiger partial charge in [0.05, 0.1) is 5.56 Å². The molecule has 1 aromatic carbocycles. The van der Waals surface area contributed by atoms with Gasteiger partial charge in [-0.1, -0.05) is 0 Å². The first kappa shape index (κ1) is 12.0. The Morgan fingerprint density at radius 2 is 2.12 bits per heavy atom. The van der Waals surface area contributed by atoms with E-state index in [2.05, 4.69) is 0 Å². The highest BCUT2D eigenvalue weighted by atomic mass is 19.1. The van der Waals surface area contributed by atoms with Gasteiger partial charge in [0.25, 0.3) is 5.91 Å². The Bertz CT molecular complexity index is 462. The number of nitrogens with two attached hydrogens (primary N) is 1. The molecule has 2 N–H and O–H groups in total. The maximum Gasteiger partial charge on any atom is 0.256 e. The topological polar surface area (TPSA) is 46.3 Å². The van der Waals surface area contributed by atoms with Gasteiger partial charge in [0.15, 0.2) is 0 Å². The summed E-state index contributed by atoms with van der Waals surface area (Å²) < 4.78 is 26.9. The van der Waals surface area contributed by atoms with E-state index in [1.165, 1.54) is 11.8 Å². The number of carbonyl (C=O) groups excluding carboxylic acids is 1. The highest BCUT2D eigenvalue weighted by Crippen LogP contribution is 2.18. The molecule has 1 saturated heterocycles. The molecule has 1 aromatic rings. The van der Waals surface area contributed by atoms with E-state index >= 15 is 0 Å². The largest absolute Gasteiger partial charge is 0.337 e. The summed E-state index contributed by atoms with van der Waals surface area (Å²) in [4.78, 5) is 13.4. The van der Waals surface area contributed by atoms with Crippen LogP contribution in [0.2, 0.25) is 0 Å². The molecule has 1 aliphatic heterocycles. The molecule has 1 amide bonds. The summed E-state index contributed by atoms with van der Waals surface area (Å²) >= 11 is 0. The minimum absolute atomic E-state index is 0.0719. The lowest BCUT2D eigenvalue weighted by Crippen LogP contribution is -2.32. The van der Waals surface area contributed by atoms with Gasteiger partial charge >= 0.3 is 0 Å². The quantitative estimate of drug-likeness (QED) is 0.807. The molecule has 1 atom stereocenters. The SMILES string of the molecule is Cc1cc(F)c(C(=O)N2CCC(N)C2)cc1F. The third-order valence-electron chi connectivity index (χ3n) is 2.99. The fourth-order valence-electron chi connectivity index (χ4n) is 1.95. The molecule has 1 unspecified atom stereocenters. The zero-order chi connectivity index (χ0) is 12.6. The summed E-state index contributed by atoms with van der Waals surface area (Å²) in [6.07, 6.45) is 0.696. The minimum atomic E-state index is -0.686. The molecule has 1 heterocycles. The van der Waals surface area contributed by atoms with Crippen molar-refractivity contribution >= 4 is 5.91 Å². The van der Waals surface area contributed by atoms with E-state index in [0.717, 1.165) is 12.1 Å². The van der Waals surface area contributed by atoms with Gasteiger partial charge in [-0.15, -0.1) is 0 Å². The molecule has 0 radical (unpaired) electrons. The lowest BCUT2D eigenvalue weighted by atomic mass is 10.1. The summed E-state index contributed by atoms with van der Waals surface area (Å²) in [5.74, 6) is -1.75. The van der Waals surface area contributed by atoms with Crippen molar-refractivity contribution in [1.29, 1.82) is 0 Å². The van der Waals surface area contributed by atoms with Crippen molar-refractivity contribution in [2.75, 3.05) is 13.1 Å². The van der Waals surface area contributed by atoms with Crippen LogP contribution in [-0.2, 0) is 0 Å². The normalized spacial score (nSPS) is 19.8. The molecule has 17 heavy (non-hydrogen) atoms. The summed E-state index contributed by atoms with van der Waals surface area (Å²) in [6, 6.07) is 1.92. The van der Waals surface area contributed by atoms with Crippen LogP contribution in [0.1, 0.15) is 22.3 Å². The Morgan fingerprint density at radius 3 is 2.71 bits per heavy atom. The number of benzene rings is 1. The van der Waals surface area contributed by atoms with Gasteiger partial charge in [-0.05, 0) is 31.0 Å². The van der Waals surface area contributed by atoms with E-state index in [1.54, 1.807) is 0 Å². The van der Waals surface area contributed by atoms with Crippen LogP contribution >= 0.6 is 0 Å². The lowest BCUT2D eigenvalue weighted by molar-refractivity contribution is 0.0785. The summed E-state index contributed by atoms with van der Waals surface area (Å²) in [6.45, 7) is 2.35. The molecule has 3 nitrogen and oxygen atoms in total. The van der Waals surface area contributed by atoms with Crippen LogP contribution in [0.4, 0.5) is 8.78 Å². The number of aryl methyl sites for hydroxylation is 1. The van der Waals surface area contributed by atoms with E-state index in [-0.39, 0.29) is 17.2 Å². The first-order valence-corrected chi connectivity index (χ1v) is 5.49. The molecule has 2 rings (SSSR count). The molecular formula is C12H14F2N2O. The number of nitrogens with zero attached hydrogens (tertiary/aromatic N) is 1. The van der Waals surface area contributed by atoms with Gasteiger partial charge in [0, 0.05) is 19.1 Å². The molecule has 1 fully saturated rings. The van der Waals surface area contributed by atoms with Crippen LogP contribution in [0.5, 0.6) is 0 Å². The number of carbonyl (C=O) groups is 1. The molecule has 1 aliphatic rings. The van der Waals surface area contributed by atoms with Crippen molar-refractivity contribution in [1.82, 2.24) is 4.90 Å². The van der Waals surface area contributed by atoms with E-state index < -0.39 is 17.5 Å². The number of amides is 1. The summed E-state index contributed by atoms with van der Waals surface area (Å²) in [5.41, 5.74) is 5.64. The van der Waals surface area contributed by atoms with Gasteiger partial charge < -0.3 is 10.6 Å². The third kappa shape index (κ3) is 2.29. The van der Waals surface area contributed by atoms with Crippen molar-refractivity contribution in [3.05, 3.63) is 34.9 Å². The van der Waals surface area contributed by atoms with E-state index in [9.17, 15) is 13.6 Å². The first-order valence-electron chi connectivity index (χ1n) is 5.49. The number of halogens is 2. The van der Waals surface area contributed by atoms with Crippen LogP contribution < -0.4 is 5.73 Å². The Kier molecular flexibility index (Phi) is 3.11. The third-order valence-corrected chi connectivity index (χ3v) is 2.99. The van der Waals surface area contributed by atoms with Crippen molar-refractivity contribution in [3.8, 4) is 0 Å². The van der Waals surface area contributed by atoms with Crippen molar-refractivity contribution in [2.24, 2.45) is 5.73 Å². The summed E-state index contributed by atoms with van der Waals surface area (Å²) in [7, 11) is 0. The van der Waals surface area contributed by atoms with Crippen molar-refractivity contribution in [2.45, 2.75) is 19.4 Å². The van der Waals surface area contributed by atoms with Crippen LogP contribution in [0.25, 0.3) is 0 Å². The average Bonchev–Trinajstić information content (AvgIpc) is 2.69. The molecular weight excluding hydrogens is 226 g/mol. The van der Waals surface area contributed by atoms with E-state index in [0.29, 0.717) is 19.5 Å².